The highest BCUT2D eigenvalue weighted by Crippen LogP contribution is 2.49. The number of hydrogen-bond acceptors (Lipinski definition) is 6. The zero-order valence-corrected chi connectivity index (χ0v) is 20.1. The number of ether oxygens (including phenoxy) is 2. The van der Waals surface area contributed by atoms with Gasteiger partial charge in [-0.05, 0) is 24.6 Å². The van der Waals surface area contributed by atoms with Crippen LogP contribution in [-0.2, 0) is 11.2 Å². The van der Waals surface area contributed by atoms with Crippen molar-refractivity contribution >= 4 is 23.4 Å². The van der Waals surface area contributed by atoms with Gasteiger partial charge in [0.15, 0.2) is 11.5 Å². The van der Waals surface area contributed by atoms with Crippen molar-refractivity contribution in [2.75, 3.05) is 32.2 Å². The maximum absolute atomic E-state index is 13.7. The molecule has 1 atom stereocenters. The topological polar surface area (TPSA) is 117 Å². The lowest BCUT2D eigenvalue weighted by molar-refractivity contribution is -0.121. The number of anilines is 1. The number of methoxy groups -OCH3 is 2. The maximum atomic E-state index is 13.7. The lowest BCUT2D eigenvalue weighted by Gasteiger charge is -2.41. The van der Waals surface area contributed by atoms with Gasteiger partial charge in [-0.1, -0.05) is 18.2 Å². The Bertz CT molecular complexity index is 1310. The minimum Gasteiger partial charge on any atom is -0.493 e. The molecule has 2 N–H and O–H groups in total. The fourth-order valence-corrected chi connectivity index (χ4v) is 4.91. The molecule has 3 amide bonds. The summed E-state index contributed by atoms with van der Waals surface area (Å²) >= 11 is 0. The minimum atomic E-state index is -0.627. The Labute approximate surface area is 208 Å². The number of benzene rings is 2. The zero-order valence-electron chi connectivity index (χ0n) is 20.1. The minimum absolute atomic E-state index is 0.0921. The van der Waals surface area contributed by atoms with Crippen LogP contribution in [0.3, 0.4) is 0 Å². The third-order valence-corrected chi connectivity index (χ3v) is 6.56. The van der Waals surface area contributed by atoms with E-state index in [1.54, 1.807) is 58.7 Å². The second-order valence-corrected chi connectivity index (χ2v) is 8.61. The number of rotatable bonds is 9. The SMILES string of the molecule is COc1ccc2c(c1OC)C(=O)N1c3ccccc3C(=O)N(CCCC(=O)NCCc3cnc[nH]3)C21. The Morgan fingerprint density at radius 3 is 2.69 bits per heavy atom. The van der Waals surface area contributed by atoms with E-state index in [1.807, 2.05) is 0 Å². The largest absolute Gasteiger partial charge is 0.493 e. The van der Waals surface area contributed by atoms with Crippen molar-refractivity contribution in [2.45, 2.75) is 25.4 Å². The van der Waals surface area contributed by atoms with Crippen LogP contribution in [0.4, 0.5) is 5.69 Å². The lowest BCUT2D eigenvalue weighted by atomic mass is 10.0. The fraction of sp³-hybridized carbons (Fsp3) is 0.308. The quantitative estimate of drug-likeness (QED) is 0.477. The van der Waals surface area contributed by atoms with Crippen molar-refractivity contribution in [3.63, 3.8) is 0 Å². The molecule has 5 rings (SSSR count). The van der Waals surface area contributed by atoms with E-state index in [0.29, 0.717) is 59.8 Å². The molecule has 3 aromatic rings. The predicted octanol–water partition coefficient (Wildman–Crippen LogP) is 2.68. The van der Waals surface area contributed by atoms with Crippen molar-refractivity contribution < 1.29 is 23.9 Å². The van der Waals surface area contributed by atoms with Gasteiger partial charge in [0.25, 0.3) is 11.8 Å². The predicted molar refractivity (Wildman–Crippen MR) is 131 cm³/mol. The van der Waals surface area contributed by atoms with Crippen LogP contribution in [0.1, 0.15) is 51.0 Å². The van der Waals surface area contributed by atoms with Crippen LogP contribution >= 0.6 is 0 Å². The van der Waals surface area contributed by atoms with Gasteiger partial charge in [-0.2, -0.15) is 0 Å². The average Bonchev–Trinajstić information content (AvgIpc) is 3.52. The summed E-state index contributed by atoms with van der Waals surface area (Å²) in [6.07, 6.45) is 4.07. The molecule has 0 saturated heterocycles. The standard InChI is InChI=1S/C26H27N5O5/c1-35-20-10-9-18-22(23(20)36-2)26(34)31-19-7-4-3-6-17(19)25(33)30(24(18)31)13-5-8-21(32)28-12-11-16-14-27-15-29-16/h3-4,6-7,9-10,14-15,24H,5,8,11-13H2,1-2H3,(H,27,29)(H,28,32). The molecule has 0 radical (unpaired) electrons. The van der Waals surface area contributed by atoms with Crippen LogP contribution in [0.25, 0.3) is 0 Å². The van der Waals surface area contributed by atoms with Crippen LogP contribution in [-0.4, -0.2) is 59.9 Å². The van der Waals surface area contributed by atoms with Crippen LogP contribution < -0.4 is 19.7 Å². The molecule has 3 heterocycles. The molecule has 36 heavy (non-hydrogen) atoms. The summed E-state index contributed by atoms with van der Waals surface area (Å²) in [5.74, 6) is 0.262. The van der Waals surface area contributed by atoms with E-state index in [0.717, 1.165) is 5.69 Å². The molecule has 1 unspecified atom stereocenters. The first kappa shape index (κ1) is 23.4. The summed E-state index contributed by atoms with van der Waals surface area (Å²) in [6.45, 7) is 0.806. The monoisotopic (exact) mass is 489 g/mol. The molecule has 0 fully saturated rings. The van der Waals surface area contributed by atoms with E-state index in [1.165, 1.54) is 14.2 Å². The van der Waals surface area contributed by atoms with Gasteiger partial charge >= 0.3 is 0 Å². The number of amides is 3. The molecular formula is C26H27N5O5. The summed E-state index contributed by atoms with van der Waals surface area (Å²) in [5.41, 5.74) is 3.01. The van der Waals surface area contributed by atoms with Crippen LogP contribution in [0.15, 0.2) is 48.9 Å². The molecule has 10 heteroatoms. The molecule has 2 aliphatic rings. The van der Waals surface area contributed by atoms with E-state index >= 15 is 0 Å². The summed E-state index contributed by atoms with van der Waals surface area (Å²) in [6, 6.07) is 10.6. The van der Waals surface area contributed by atoms with Crippen molar-refractivity contribution in [2.24, 2.45) is 0 Å². The number of para-hydroxylation sites is 1. The van der Waals surface area contributed by atoms with E-state index in [9.17, 15) is 14.4 Å². The Balaban J connectivity index is 1.37. The number of hydrogen-bond donors (Lipinski definition) is 2. The molecule has 0 bridgehead atoms. The summed E-state index contributed by atoms with van der Waals surface area (Å²) in [4.78, 5) is 49.9. The number of carbonyl (C=O) groups excluding carboxylic acids is 3. The van der Waals surface area contributed by atoms with Gasteiger partial charge in [-0.15, -0.1) is 0 Å². The van der Waals surface area contributed by atoms with Gasteiger partial charge in [0.2, 0.25) is 5.91 Å². The summed E-state index contributed by atoms with van der Waals surface area (Å²) < 4.78 is 10.9. The summed E-state index contributed by atoms with van der Waals surface area (Å²) in [7, 11) is 3.01. The van der Waals surface area contributed by atoms with Gasteiger partial charge in [0.1, 0.15) is 6.17 Å². The summed E-state index contributed by atoms with van der Waals surface area (Å²) in [5, 5.41) is 2.90. The first-order valence-electron chi connectivity index (χ1n) is 11.8. The molecular weight excluding hydrogens is 462 g/mol. The molecule has 10 nitrogen and oxygen atoms in total. The lowest BCUT2D eigenvalue weighted by Crippen LogP contribution is -2.48. The van der Waals surface area contributed by atoms with Crippen molar-refractivity contribution in [3.05, 3.63) is 71.3 Å². The molecule has 186 valence electrons. The number of H-pyrrole nitrogens is 1. The van der Waals surface area contributed by atoms with Gasteiger partial charge in [0.05, 0.1) is 37.4 Å². The first-order valence-corrected chi connectivity index (χ1v) is 11.8. The molecule has 0 saturated carbocycles. The van der Waals surface area contributed by atoms with Crippen molar-refractivity contribution in [1.82, 2.24) is 20.2 Å². The highest BCUT2D eigenvalue weighted by Gasteiger charge is 2.49. The number of aromatic nitrogens is 2. The van der Waals surface area contributed by atoms with Crippen LogP contribution in [0, 0.1) is 0 Å². The third-order valence-electron chi connectivity index (χ3n) is 6.56. The highest BCUT2D eigenvalue weighted by molar-refractivity contribution is 6.18. The zero-order chi connectivity index (χ0) is 25.2. The molecule has 2 aromatic carbocycles. The Morgan fingerprint density at radius 1 is 1.11 bits per heavy atom. The average molecular weight is 490 g/mol. The number of imidazole rings is 1. The maximum Gasteiger partial charge on any atom is 0.264 e. The Hall–Kier alpha value is -4.34. The number of fused-ring (bicyclic) bond motifs is 5. The van der Waals surface area contributed by atoms with Gasteiger partial charge in [-0.25, -0.2) is 4.98 Å². The van der Waals surface area contributed by atoms with Crippen LogP contribution in [0.2, 0.25) is 0 Å². The number of aromatic amines is 1. The molecule has 0 aliphatic carbocycles. The van der Waals surface area contributed by atoms with Gasteiger partial charge in [0, 0.05) is 43.4 Å². The van der Waals surface area contributed by atoms with E-state index in [-0.39, 0.29) is 24.1 Å². The first-order chi connectivity index (χ1) is 17.5. The smallest absolute Gasteiger partial charge is 0.264 e. The Morgan fingerprint density at radius 2 is 1.94 bits per heavy atom. The van der Waals surface area contributed by atoms with Gasteiger partial charge in [-0.3, -0.25) is 19.3 Å². The molecule has 0 spiro atoms. The number of nitrogens with zero attached hydrogens (tertiary/aromatic N) is 3. The fourth-order valence-electron chi connectivity index (χ4n) is 4.91. The third kappa shape index (κ3) is 3.94. The van der Waals surface area contributed by atoms with Crippen LogP contribution in [0.5, 0.6) is 11.5 Å². The van der Waals surface area contributed by atoms with E-state index in [2.05, 4.69) is 15.3 Å². The number of carbonyl (C=O) groups is 3. The normalized spacial score (nSPS) is 15.9. The van der Waals surface area contributed by atoms with E-state index in [4.69, 9.17) is 9.47 Å². The van der Waals surface area contributed by atoms with Crippen molar-refractivity contribution in [1.29, 1.82) is 0 Å². The van der Waals surface area contributed by atoms with E-state index < -0.39 is 6.17 Å². The second kappa shape index (κ2) is 9.73. The highest BCUT2D eigenvalue weighted by atomic mass is 16.5. The van der Waals surface area contributed by atoms with Crippen molar-refractivity contribution in [3.8, 4) is 11.5 Å². The second-order valence-electron chi connectivity index (χ2n) is 8.61. The Kier molecular flexibility index (Phi) is 6.32. The molecule has 2 aliphatic heterocycles. The molecule has 1 aromatic heterocycles. The van der Waals surface area contributed by atoms with Gasteiger partial charge < -0.3 is 24.7 Å². The number of nitrogens with one attached hydrogen (secondary N) is 2.